The first kappa shape index (κ1) is 15.5. The Balaban J connectivity index is 2.91. The molecular weight excluding hydrogens is 270 g/mol. The summed E-state index contributed by atoms with van der Waals surface area (Å²) >= 11 is 0. The van der Waals surface area contributed by atoms with Gasteiger partial charge in [0.15, 0.2) is 9.84 Å². The monoisotopic (exact) mass is 287 g/mol. The largest absolute Gasteiger partial charge is 0.496 e. The van der Waals surface area contributed by atoms with E-state index in [9.17, 15) is 13.2 Å². The Labute approximate surface area is 112 Å². The molecule has 0 atom stereocenters. The first-order valence-corrected chi connectivity index (χ1v) is 7.37. The fourth-order valence-corrected chi connectivity index (χ4v) is 2.86. The Morgan fingerprint density at radius 3 is 2.53 bits per heavy atom. The van der Waals surface area contributed by atoms with Crippen LogP contribution in [0.3, 0.4) is 0 Å². The summed E-state index contributed by atoms with van der Waals surface area (Å²) in [7, 11) is -0.915. The zero-order chi connectivity index (χ0) is 14.5. The molecule has 1 aromatic carbocycles. The van der Waals surface area contributed by atoms with Crippen molar-refractivity contribution in [3.8, 4) is 5.75 Å². The highest BCUT2D eigenvalue weighted by Crippen LogP contribution is 2.21. The topological polar surface area (TPSA) is 95.7 Å². The van der Waals surface area contributed by atoms with E-state index in [1.165, 1.54) is 7.11 Å². The van der Waals surface area contributed by atoms with Gasteiger partial charge in [-0.25, -0.2) is 8.42 Å². The van der Waals surface area contributed by atoms with Crippen molar-refractivity contribution in [3.63, 3.8) is 0 Å². The highest BCUT2D eigenvalue weighted by molar-refractivity contribution is 7.91. The van der Waals surface area contributed by atoms with Crippen molar-refractivity contribution < 1.29 is 22.7 Å². The van der Waals surface area contributed by atoms with Gasteiger partial charge in [0.2, 0.25) is 0 Å². The van der Waals surface area contributed by atoms with Crippen LogP contribution < -0.4 is 10.5 Å². The number of nitrogens with two attached hydrogens (primary N) is 1. The molecule has 0 aliphatic heterocycles. The molecular formula is C12H17NO5S. The number of benzene rings is 1. The Hall–Kier alpha value is -1.60. The minimum absolute atomic E-state index is 0.247. The van der Waals surface area contributed by atoms with E-state index in [1.807, 2.05) is 0 Å². The molecule has 0 saturated carbocycles. The summed E-state index contributed by atoms with van der Waals surface area (Å²) < 4.78 is 33.0. The number of rotatable bonds is 6. The van der Waals surface area contributed by atoms with Gasteiger partial charge in [0.1, 0.15) is 11.5 Å². The van der Waals surface area contributed by atoms with Crippen LogP contribution in [-0.4, -0.2) is 34.4 Å². The third-order valence-electron chi connectivity index (χ3n) is 2.52. The predicted octanol–water partition coefficient (Wildman–Crippen LogP) is 0.242. The highest BCUT2D eigenvalue weighted by Gasteiger charge is 2.18. The lowest BCUT2D eigenvalue weighted by Crippen LogP contribution is -2.18. The summed E-state index contributed by atoms with van der Waals surface area (Å²) in [4.78, 5) is 11.0. The number of methoxy groups -OCH3 is 2. The smallest absolute Gasteiger partial charge is 0.320 e. The minimum atomic E-state index is -3.55. The Kier molecular flexibility index (Phi) is 5.31. The van der Waals surface area contributed by atoms with Gasteiger partial charge in [0.05, 0.1) is 20.0 Å². The Morgan fingerprint density at radius 2 is 2.00 bits per heavy atom. The number of sulfone groups is 1. The molecule has 0 aromatic heterocycles. The average Bonchev–Trinajstić information content (AvgIpc) is 2.37. The second kappa shape index (κ2) is 6.53. The fourth-order valence-electron chi connectivity index (χ4n) is 1.59. The first-order valence-electron chi connectivity index (χ1n) is 5.55. The van der Waals surface area contributed by atoms with Crippen molar-refractivity contribution in [1.82, 2.24) is 0 Å². The molecule has 1 rings (SSSR count). The number of hydrogen-bond acceptors (Lipinski definition) is 6. The van der Waals surface area contributed by atoms with Crippen molar-refractivity contribution in [2.45, 2.75) is 12.3 Å². The van der Waals surface area contributed by atoms with Gasteiger partial charge in [-0.2, -0.15) is 0 Å². The minimum Gasteiger partial charge on any atom is -0.496 e. The zero-order valence-corrected chi connectivity index (χ0v) is 11.7. The van der Waals surface area contributed by atoms with Gasteiger partial charge in [-0.1, -0.05) is 12.1 Å². The summed E-state index contributed by atoms with van der Waals surface area (Å²) in [5.41, 5.74) is 6.86. The number of carbonyl (C=O) groups excluding carboxylic acids is 1. The Morgan fingerprint density at radius 1 is 1.32 bits per heavy atom. The molecule has 6 nitrogen and oxygen atoms in total. The molecule has 0 amide bonds. The predicted molar refractivity (Wildman–Crippen MR) is 70.4 cm³/mol. The second-order valence-corrected chi connectivity index (χ2v) is 6.02. The Bertz CT molecular complexity index is 553. The van der Waals surface area contributed by atoms with E-state index >= 15 is 0 Å². The van der Waals surface area contributed by atoms with Crippen LogP contribution in [0.25, 0.3) is 0 Å². The molecule has 7 heteroatoms. The number of esters is 1. The molecule has 0 bridgehead atoms. The van der Waals surface area contributed by atoms with E-state index in [0.29, 0.717) is 17.9 Å². The van der Waals surface area contributed by atoms with Crippen molar-refractivity contribution in [3.05, 3.63) is 29.3 Å². The molecule has 0 radical (unpaired) electrons. The summed E-state index contributed by atoms with van der Waals surface area (Å²) in [6.45, 7) is 0.304. The van der Waals surface area contributed by atoms with Crippen LogP contribution >= 0.6 is 0 Å². The maximum Gasteiger partial charge on any atom is 0.320 e. The average molecular weight is 287 g/mol. The number of ether oxygens (including phenoxy) is 2. The zero-order valence-electron chi connectivity index (χ0n) is 10.9. The maximum absolute atomic E-state index is 11.8. The van der Waals surface area contributed by atoms with E-state index in [0.717, 1.165) is 12.7 Å². The molecule has 0 fully saturated rings. The highest BCUT2D eigenvalue weighted by atomic mass is 32.2. The van der Waals surface area contributed by atoms with Gasteiger partial charge in [0.25, 0.3) is 0 Å². The standard InChI is InChI=1S/C12H17NO5S/c1-17-11-5-9(3-4-10(11)6-13)7-19(15,16)8-12(14)18-2/h3-5H,6-8,13H2,1-2H3. The van der Waals surface area contributed by atoms with Gasteiger partial charge in [0, 0.05) is 12.1 Å². The second-order valence-electron chi connectivity index (χ2n) is 3.96. The summed E-state index contributed by atoms with van der Waals surface area (Å²) in [6.07, 6.45) is 0. The van der Waals surface area contributed by atoms with Gasteiger partial charge in [-0.15, -0.1) is 0 Å². The summed E-state index contributed by atoms with van der Waals surface area (Å²) in [5.74, 6) is -1.12. The third-order valence-corrected chi connectivity index (χ3v) is 3.97. The van der Waals surface area contributed by atoms with Gasteiger partial charge >= 0.3 is 5.97 Å². The van der Waals surface area contributed by atoms with E-state index in [2.05, 4.69) is 4.74 Å². The SMILES string of the molecule is COC(=O)CS(=O)(=O)Cc1ccc(CN)c(OC)c1. The molecule has 0 saturated heterocycles. The fraction of sp³-hybridized carbons (Fsp3) is 0.417. The third kappa shape index (κ3) is 4.53. The quantitative estimate of drug-likeness (QED) is 0.753. The lowest BCUT2D eigenvalue weighted by atomic mass is 10.1. The lowest BCUT2D eigenvalue weighted by Gasteiger charge is -2.09. The van der Waals surface area contributed by atoms with Crippen LogP contribution in [0.4, 0.5) is 0 Å². The van der Waals surface area contributed by atoms with Crippen molar-refractivity contribution in [1.29, 1.82) is 0 Å². The van der Waals surface area contributed by atoms with Gasteiger partial charge < -0.3 is 15.2 Å². The molecule has 0 spiro atoms. The molecule has 2 N–H and O–H groups in total. The van der Waals surface area contributed by atoms with E-state index < -0.39 is 21.6 Å². The molecule has 106 valence electrons. The first-order chi connectivity index (χ1) is 8.91. The van der Waals surface area contributed by atoms with Crippen LogP contribution in [0.1, 0.15) is 11.1 Å². The lowest BCUT2D eigenvalue weighted by molar-refractivity contribution is -0.137. The summed E-state index contributed by atoms with van der Waals surface area (Å²) in [5, 5.41) is 0. The molecule has 0 unspecified atom stereocenters. The molecule has 1 aromatic rings. The number of hydrogen-bond donors (Lipinski definition) is 1. The van der Waals surface area contributed by atoms with Crippen LogP contribution in [0.5, 0.6) is 5.75 Å². The van der Waals surface area contributed by atoms with Crippen molar-refractivity contribution in [2.75, 3.05) is 20.0 Å². The summed E-state index contributed by atoms with van der Waals surface area (Å²) in [6, 6.07) is 4.97. The molecule has 19 heavy (non-hydrogen) atoms. The maximum atomic E-state index is 11.8. The molecule has 0 aliphatic carbocycles. The molecule has 0 heterocycles. The van der Waals surface area contributed by atoms with E-state index in [-0.39, 0.29) is 5.75 Å². The van der Waals surface area contributed by atoms with Crippen LogP contribution in [0.2, 0.25) is 0 Å². The van der Waals surface area contributed by atoms with Gasteiger partial charge in [-0.05, 0) is 11.6 Å². The normalized spacial score (nSPS) is 11.1. The van der Waals surface area contributed by atoms with Crippen molar-refractivity contribution in [2.24, 2.45) is 5.73 Å². The van der Waals surface area contributed by atoms with E-state index in [1.54, 1.807) is 18.2 Å². The van der Waals surface area contributed by atoms with Crippen LogP contribution in [-0.2, 0) is 31.7 Å². The van der Waals surface area contributed by atoms with Gasteiger partial charge in [-0.3, -0.25) is 4.79 Å². The number of carbonyl (C=O) groups is 1. The molecule has 0 aliphatic rings. The van der Waals surface area contributed by atoms with Crippen LogP contribution in [0.15, 0.2) is 18.2 Å². The van der Waals surface area contributed by atoms with Crippen molar-refractivity contribution >= 4 is 15.8 Å². The van der Waals surface area contributed by atoms with E-state index in [4.69, 9.17) is 10.5 Å². The van der Waals surface area contributed by atoms with Crippen LogP contribution in [0, 0.1) is 0 Å².